The van der Waals surface area contributed by atoms with Crippen molar-refractivity contribution in [3.8, 4) is 16.9 Å². The van der Waals surface area contributed by atoms with Crippen molar-refractivity contribution >= 4 is 17.1 Å². The lowest BCUT2D eigenvalue weighted by Crippen LogP contribution is -1.97. The molecular formula is C24H18O2. The molecule has 0 heterocycles. The number of hydrogen-bond donors (Lipinski definition) is 0. The number of carbonyl (C=O) groups is 1. The van der Waals surface area contributed by atoms with Crippen molar-refractivity contribution in [3.63, 3.8) is 0 Å². The van der Waals surface area contributed by atoms with Crippen LogP contribution in [0.2, 0.25) is 0 Å². The van der Waals surface area contributed by atoms with Gasteiger partial charge >= 0.3 is 0 Å². The highest BCUT2D eigenvalue weighted by Crippen LogP contribution is 2.33. The van der Waals surface area contributed by atoms with Crippen LogP contribution in [0.5, 0.6) is 5.75 Å². The van der Waals surface area contributed by atoms with Crippen LogP contribution in [0.1, 0.15) is 15.9 Å². The molecule has 26 heavy (non-hydrogen) atoms. The van der Waals surface area contributed by atoms with E-state index in [2.05, 4.69) is 30.3 Å². The van der Waals surface area contributed by atoms with Gasteiger partial charge in [0, 0.05) is 11.1 Å². The number of hydrogen-bond acceptors (Lipinski definition) is 2. The van der Waals surface area contributed by atoms with Crippen LogP contribution < -0.4 is 4.74 Å². The Hall–Kier alpha value is -3.39. The zero-order chi connectivity index (χ0) is 17.8. The minimum Gasteiger partial charge on any atom is -0.488 e. The van der Waals surface area contributed by atoms with E-state index >= 15 is 0 Å². The van der Waals surface area contributed by atoms with Gasteiger partial charge in [-0.15, -0.1) is 0 Å². The van der Waals surface area contributed by atoms with Crippen LogP contribution in [-0.2, 0) is 6.61 Å². The number of aldehydes is 1. The number of benzene rings is 4. The van der Waals surface area contributed by atoms with Gasteiger partial charge in [-0.25, -0.2) is 0 Å². The number of carbonyl (C=O) groups excluding carboxylic acids is 1. The Balaban J connectivity index is 1.73. The predicted octanol–water partition coefficient (Wildman–Crippen LogP) is 5.90. The van der Waals surface area contributed by atoms with Gasteiger partial charge in [0.15, 0.2) is 0 Å². The van der Waals surface area contributed by atoms with Crippen LogP contribution in [0.3, 0.4) is 0 Å². The maximum Gasteiger partial charge on any atom is 0.150 e. The van der Waals surface area contributed by atoms with E-state index in [0.29, 0.717) is 12.2 Å². The van der Waals surface area contributed by atoms with Crippen LogP contribution in [-0.4, -0.2) is 6.29 Å². The molecule has 0 aliphatic rings. The minimum absolute atomic E-state index is 0.488. The summed E-state index contributed by atoms with van der Waals surface area (Å²) in [6.45, 7) is 0.488. The molecule has 2 nitrogen and oxygen atoms in total. The Morgan fingerprint density at radius 1 is 0.731 bits per heavy atom. The lowest BCUT2D eigenvalue weighted by atomic mass is 9.99. The topological polar surface area (TPSA) is 26.3 Å². The third-order valence-corrected chi connectivity index (χ3v) is 4.44. The zero-order valence-corrected chi connectivity index (χ0v) is 14.3. The standard InChI is InChI=1S/C24H18O2/c25-16-19-10-13-24(26-17-18-6-2-1-3-7-18)23(14-19)22-12-11-20-8-4-5-9-21(20)15-22/h1-16H,17H2. The summed E-state index contributed by atoms with van der Waals surface area (Å²) in [7, 11) is 0. The fraction of sp³-hybridized carbons (Fsp3) is 0.0417. The van der Waals surface area contributed by atoms with Crippen LogP contribution in [0.25, 0.3) is 21.9 Å². The summed E-state index contributed by atoms with van der Waals surface area (Å²) >= 11 is 0. The van der Waals surface area contributed by atoms with Gasteiger partial charge < -0.3 is 4.74 Å². The number of rotatable bonds is 5. The molecule has 0 aromatic heterocycles. The minimum atomic E-state index is 0.488. The molecule has 0 saturated heterocycles. The van der Waals surface area contributed by atoms with Crippen molar-refractivity contribution < 1.29 is 9.53 Å². The smallest absolute Gasteiger partial charge is 0.150 e. The lowest BCUT2D eigenvalue weighted by Gasteiger charge is -2.13. The summed E-state index contributed by atoms with van der Waals surface area (Å²) in [6, 6.07) is 30.2. The number of fused-ring (bicyclic) bond motifs is 1. The molecule has 0 atom stereocenters. The van der Waals surface area contributed by atoms with Gasteiger partial charge in [-0.1, -0.05) is 66.7 Å². The molecule has 0 aliphatic carbocycles. The zero-order valence-electron chi connectivity index (χ0n) is 14.3. The summed E-state index contributed by atoms with van der Waals surface area (Å²) in [5.74, 6) is 0.773. The van der Waals surface area contributed by atoms with Crippen molar-refractivity contribution in [3.05, 3.63) is 102 Å². The van der Waals surface area contributed by atoms with Gasteiger partial charge in [-0.3, -0.25) is 4.79 Å². The molecular weight excluding hydrogens is 320 g/mol. The van der Waals surface area contributed by atoms with Crippen molar-refractivity contribution in [1.82, 2.24) is 0 Å². The Morgan fingerprint density at radius 2 is 1.50 bits per heavy atom. The largest absolute Gasteiger partial charge is 0.488 e. The first kappa shape index (κ1) is 16.1. The summed E-state index contributed by atoms with van der Waals surface area (Å²) in [5, 5.41) is 2.35. The van der Waals surface area contributed by atoms with Crippen LogP contribution in [0.4, 0.5) is 0 Å². The maximum atomic E-state index is 11.3. The highest BCUT2D eigenvalue weighted by atomic mass is 16.5. The molecule has 0 unspecified atom stereocenters. The van der Waals surface area contributed by atoms with E-state index in [-0.39, 0.29) is 0 Å². The van der Waals surface area contributed by atoms with Gasteiger partial charge in [-0.2, -0.15) is 0 Å². The van der Waals surface area contributed by atoms with E-state index in [4.69, 9.17) is 4.74 Å². The van der Waals surface area contributed by atoms with E-state index in [1.54, 1.807) is 6.07 Å². The summed E-state index contributed by atoms with van der Waals surface area (Å²) in [4.78, 5) is 11.3. The Kier molecular flexibility index (Phi) is 4.48. The first-order chi connectivity index (χ1) is 12.8. The molecule has 0 N–H and O–H groups in total. The lowest BCUT2D eigenvalue weighted by molar-refractivity contribution is 0.112. The predicted molar refractivity (Wildman–Crippen MR) is 106 cm³/mol. The fourth-order valence-electron chi connectivity index (χ4n) is 3.06. The normalized spacial score (nSPS) is 10.6. The first-order valence-corrected chi connectivity index (χ1v) is 8.58. The molecule has 0 aliphatic heterocycles. The molecule has 0 fully saturated rings. The second kappa shape index (κ2) is 7.24. The van der Waals surface area contributed by atoms with Gasteiger partial charge in [0.1, 0.15) is 18.6 Å². The molecule has 2 heteroatoms. The Morgan fingerprint density at radius 3 is 2.31 bits per heavy atom. The molecule has 4 aromatic rings. The van der Waals surface area contributed by atoms with Crippen LogP contribution in [0.15, 0.2) is 91.0 Å². The molecule has 4 rings (SSSR count). The third-order valence-electron chi connectivity index (χ3n) is 4.44. The van der Waals surface area contributed by atoms with E-state index in [9.17, 15) is 4.79 Å². The van der Waals surface area contributed by atoms with E-state index in [0.717, 1.165) is 34.1 Å². The summed E-state index contributed by atoms with van der Waals surface area (Å²) < 4.78 is 6.07. The first-order valence-electron chi connectivity index (χ1n) is 8.58. The van der Waals surface area contributed by atoms with Crippen molar-refractivity contribution in [2.24, 2.45) is 0 Å². The number of ether oxygens (including phenoxy) is 1. The van der Waals surface area contributed by atoms with Crippen LogP contribution >= 0.6 is 0 Å². The quantitative estimate of drug-likeness (QED) is 0.424. The average Bonchev–Trinajstić information content (AvgIpc) is 2.72. The highest BCUT2D eigenvalue weighted by molar-refractivity contribution is 5.89. The second-order valence-corrected chi connectivity index (χ2v) is 6.21. The van der Waals surface area contributed by atoms with E-state index in [1.807, 2.05) is 54.6 Å². The molecule has 0 spiro atoms. The van der Waals surface area contributed by atoms with Crippen molar-refractivity contribution in [1.29, 1.82) is 0 Å². The molecule has 0 amide bonds. The molecule has 4 aromatic carbocycles. The van der Waals surface area contributed by atoms with Crippen molar-refractivity contribution in [2.45, 2.75) is 6.61 Å². The summed E-state index contributed by atoms with van der Waals surface area (Å²) in [5.41, 5.74) is 3.71. The average molecular weight is 338 g/mol. The van der Waals surface area contributed by atoms with Gasteiger partial charge in [-0.05, 0) is 46.2 Å². The molecule has 0 bridgehead atoms. The van der Waals surface area contributed by atoms with Crippen LogP contribution in [0, 0.1) is 0 Å². The third kappa shape index (κ3) is 3.35. The monoisotopic (exact) mass is 338 g/mol. The Labute approximate surface area is 152 Å². The molecule has 0 saturated carbocycles. The van der Waals surface area contributed by atoms with Gasteiger partial charge in [0.2, 0.25) is 0 Å². The maximum absolute atomic E-state index is 11.3. The van der Waals surface area contributed by atoms with E-state index in [1.165, 1.54) is 5.39 Å². The SMILES string of the molecule is O=Cc1ccc(OCc2ccccc2)c(-c2ccc3ccccc3c2)c1. The Bertz CT molecular complexity index is 1050. The fourth-order valence-corrected chi connectivity index (χ4v) is 3.06. The summed E-state index contributed by atoms with van der Waals surface area (Å²) in [6.07, 6.45) is 0.867. The van der Waals surface area contributed by atoms with E-state index < -0.39 is 0 Å². The second-order valence-electron chi connectivity index (χ2n) is 6.21. The molecule has 0 radical (unpaired) electrons. The highest BCUT2D eigenvalue weighted by Gasteiger charge is 2.09. The van der Waals surface area contributed by atoms with Gasteiger partial charge in [0.05, 0.1) is 0 Å². The van der Waals surface area contributed by atoms with Gasteiger partial charge in [0.25, 0.3) is 0 Å². The van der Waals surface area contributed by atoms with Crippen molar-refractivity contribution in [2.75, 3.05) is 0 Å². The molecule has 126 valence electrons.